The number of thiazole rings is 1. The zero-order valence-corrected chi connectivity index (χ0v) is 14.8. The number of rotatable bonds is 6. The van der Waals surface area contributed by atoms with E-state index in [-0.39, 0.29) is 0 Å². The molecule has 2 heterocycles. The molecular weight excluding hydrogens is 330 g/mol. The van der Waals surface area contributed by atoms with E-state index in [1.165, 1.54) is 12.8 Å². The molecular formula is C16H21N3O2S2. The van der Waals surface area contributed by atoms with Gasteiger partial charge in [0.05, 0.1) is 10.6 Å². The Bertz CT molecular complexity index is 765. The van der Waals surface area contributed by atoms with Crippen LogP contribution in [-0.2, 0) is 16.4 Å². The van der Waals surface area contributed by atoms with Gasteiger partial charge in [0, 0.05) is 31.4 Å². The van der Waals surface area contributed by atoms with Crippen molar-refractivity contribution in [3.63, 3.8) is 0 Å². The van der Waals surface area contributed by atoms with E-state index in [9.17, 15) is 8.42 Å². The van der Waals surface area contributed by atoms with Crippen LogP contribution in [0.1, 0.15) is 24.1 Å². The average molecular weight is 351 g/mol. The highest BCUT2D eigenvalue weighted by Gasteiger charge is 2.16. The Hall–Kier alpha value is -1.44. The summed E-state index contributed by atoms with van der Waals surface area (Å²) in [5.41, 5.74) is 1.88. The number of nitrogens with one attached hydrogen (secondary N) is 1. The Kier molecular flexibility index (Phi) is 4.99. The van der Waals surface area contributed by atoms with Crippen LogP contribution in [0.5, 0.6) is 0 Å². The van der Waals surface area contributed by atoms with Crippen LogP contribution in [0.4, 0.5) is 5.13 Å². The van der Waals surface area contributed by atoms with Gasteiger partial charge in [-0.2, -0.15) is 0 Å². The second-order valence-corrected chi connectivity index (χ2v) is 8.38. The van der Waals surface area contributed by atoms with Crippen LogP contribution in [0, 0.1) is 6.92 Å². The van der Waals surface area contributed by atoms with Crippen molar-refractivity contribution in [2.75, 3.05) is 24.5 Å². The first-order valence-corrected chi connectivity index (χ1v) is 10.2. The molecule has 7 heteroatoms. The predicted molar refractivity (Wildman–Crippen MR) is 93.6 cm³/mol. The van der Waals surface area contributed by atoms with Gasteiger partial charge < -0.3 is 4.90 Å². The van der Waals surface area contributed by atoms with Crippen LogP contribution in [0.3, 0.4) is 0 Å². The summed E-state index contributed by atoms with van der Waals surface area (Å²) in [6.45, 7) is 4.40. The van der Waals surface area contributed by atoms with E-state index < -0.39 is 10.0 Å². The minimum Gasteiger partial charge on any atom is -0.348 e. The lowest BCUT2D eigenvalue weighted by molar-refractivity contribution is 0.581. The molecule has 1 aliphatic rings. The van der Waals surface area contributed by atoms with E-state index in [4.69, 9.17) is 0 Å². The van der Waals surface area contributed by atoms with Crippen molar-refractivity contribution in [2.45, 2.75) is 31.1 Å². The molecule has 5 nitrogen and oxygen atoms in total. The number of aromatic nitrogens is 1. The number of aryl methyl sites for hydroxylation is 1. The van der Waals surface area contributed by atoms with Crippen molar-refractivity contribution in [2.24, 2.45) is 0 Å². The first-order chi connectivity index (χ1) is 11.0. The average Bonchev–Trinajstić information content (AvgIpc) is 3.18. The summed E-state index contributed by atoms with van der Waals surface area (Å²) in [6, 6.07) is 6.93. The molecule has 3 rings (SSSR count). The zero-order valence-electron chi connectivity index (χ0n) is 13.2. The lowest BCUT2D eigenvalue weighted by Gasteiger charge is -2.12. The second-order valence-electron chi connectivity index (χ2n) is 5.78. The number of sulfonamides is 1. The summed E-state index contributed by atoms with van der Waals surface area (Å²) in [5, 5.41) is 3.08. The lowest BCUT2D eigenvalue weighted by Crippen LogP contribution is -2.26. The first kappa shape index (κ1) is 16.4. The van der Waals surface area contributed by atoms with Gasteiger partial charge in [0.15, 0.2) is 5.13 Å². The van der Waals surface area contributed by atoms with Gasteiger partial charge >= 0.3 is 0 Å². The summed E-state index contributed by atoms with van der Waals surface area (Å²) < 4.78 is 27.2. The molecule has 1 aliphatic heterocycles. The van der Waals surface area contributed by atoms with Gasteiger partial charge in [-0.3, -0.25) is 0 Å². The molecule has 124 valence electrons. The molecule has 0 atom stereocenters. The highest BCUT2D eigenvalue weighted by Crippen LogP contribution is 2.24. The van der Waals surface area contributed by atoms with Gasteiger partial charge in [-0.25, -0.2) is 18.1 Å². The van der Waals surface area contributed by atoms with E-state index in [0.717, 1.165) is 29.5 Å². The molecule has 0 radical (unpaired) electrons. The van der Waals surface area contributed by atoms with Gasteiger partial charge in [0.2, 0.25) is 10.0 Å². The molecule has 0 saturated carbocycles. The third kappa shape index (κ3) is 4.10. The fraction of sp³-hybridized carbons (Fsp3) is 0.438. The zero-order chi connectivity index (χ0) is 16.3. The van der Waals surface area contributed by atoms with E-state index >= 15 is 0 Å². The van der Waals surface area contributed by atoms with Crippen molar-refractivity contribution in [1.29, 1.82) is 0 Å². The summed E-state index contributed by atoms with van der Waals surface area (Å²) in [6.07, 6.45) is 3.06. The topological polar surface area (TPSA) is 62.3 Å². The molecule has 0 amide bonds. The Labute approximate surface area is 141 Å². The second kappa shape index (κ2) is 6.98. The van der Waals surface area contributed by atoms with Gasteiger partial charge in [-0.15, -0.1) is 11.3 Å². The molecule has 1 N–H and O–H groups in total. The summed E-state index contributed by atoms with van der Waals surface area (Å²) in [7, 11) is -3.45. The fourth-order valence-electron chi connectivity index (χ4n) is 2.64. The maximum Gasteiger partial charge on any atom is 0.240 e. The van der Waals surface area contributed by atoms with Crippen molar-refractivity contribution < 1.29 is 8.42 Å². The normalized spacial score (nSPS) is 15.3. The third-order valence-corrected chi connectivity index (χ3v) is 6.30. The molecule has 1 saturated heterocycles. The Morgan fingerprint density at radius 2 is 2.09 bits per heavy atom. The van der Waals surface area contributed by atoms with Gasteiger partial charge in [0.25, 0.3) is 0 Å². The van der Waals surface area contributed by atoms with E-state index in [1.807, 2.05) is 18.4 Å². The SMILES string of the molecule is Cc1cccc(S(=O)(=O)NCCc2csc(N3CCCC3)n2)c1. The molecule has 1 aromatic heterocycles. The van der Waals surface area contributed by atoms with Gasteiger partial charge in [-0.1, -0.05) is 12.1 Å². The number of nitrogens with zero attached hydrogens (tertiary/aromatic N) is 2. The molecule has 0 bridgehead atoms. The lowest BCUT2D eigenvalue weighted by atomic mass is 10.2. The number of hydrogen-bond acceptors (Lipinski definition) is 5. The van der Waals surface area contributed by atoms with Crippen molar-refractivity contribution in [3.8, 4) is 0 Å². The quantitative estimate of drug-likeness (QED) is 0.869. The molecule has 23 heavy (non-hydrogen) atoms. The number of anilines is 1. The van der Waals surface area contributed by atoms with Gasteiger partial charge in [-0.05, 0) is 37.5 Å². The monoisotopic (exact) mass is 351 g/mol. The van der Waals surface area contributed by atoms with Crippen molar-refractivity contribution >= 4 is 26.5 Å². The highest BCUT2D eigenvalue weighted by molar-refractivity contribution is 7.89. The Morgan fingerprint density at radius 3 is 2.83 bits per heavy atom. The molecule has 0 aliphatic carbocycles. The minimum atomic E-state index is -3.45. The van der Waals surface area contributed by atoms with Crippen molar-refractivity contribution in [3.05, 3.63) is 40.9 Å². The molecule has 1 fully saturated rings. The molecule has 1 aromatic carbocycles. The van der Waals surface area contributed by atoms with Crippen LogP contribution >= 0.6 is 11.3 Å². The van der Waals surface area contributed by atoms with E-state index in [1.54, 1.807) is 29.5 Å². The first-order valence-electron chi connectivity index (χ1n) is 7.80. The molecule has 0 spiro atoms. The number of hydrogen-bond donors (Lipinski definition) is 1. The molecule has 0 unspecified atom stereocenters. The fourth-order valence-corrected chi connectivity index (χ4v) is 4.69. The maximum absolute atomic E-state index is 12.3. The van der Waals surface area contributed by atoms with E-state index in [2.05, 4.69) is 14.6 Å². The number of benzene rings is 1. The summed E-state index contributed by atoms with van der Waals surface area (Å²) >= 11 is 1.64. The van der Waals surface area contributed by atoms with Crippen LogP contribution in [0.15, 0.2) is 34.5 Å². The maximum atomic E-state index is 12.3. The summed E-state index contributed by atoms with van der Waals surface area (Å²) in [5.74, 6) is 0. The van der Waals surface area contributed by atoms with Gasteiger partial charge in [0.1, 0.15) is 0 Å². The Morgan fingerprint density at radius 1 is 1.30 bits per heavy atom. The van der Waals surface area contributed by atoms with Crippen LogP contribution in [0.25, 0.3) is 0 Å². The smallest absolute Gasteiger partial charge is 0.240 e. The standard InChI is InChI=1S/C16H21N3O2S2/c1-13-5-4-6-15(11-13)23(20,21)17-8-7-14-12-22-16(18-14)19-9-2-3-10-19/h4-6,11-12,17H,2-3,7-10H2,1H3. The largest absolute Gasteiger partial charge is 0.348 e. The minimum absolute atomic E-state index is 0.313. The predicted octanol–water partition coefficient (Wildman–Crippen LogP) is 2.57. The van der Waals surface area contributed by atoms with Crippen LogP contribution < -0.4 is 9.62 Å². The molecule has 2 aromatic rings. The summed E-state index contributed by atoms with van der Waals surface area (Å²) in [4.78, 5) is 7.22. The third-order valence-electron chi connectivity index (χ3n) is 3.89. The highest BCUT2D eigenvalue weighted by atomic mass is 32.2. The van der Waals surface area contributed by atoms with Crippen LogP contribution in [-0.4, -0.2) is 33.0 Å². The van der Waals surface area contributed by atoms with E-state index in [0.29, 0.717) is 17.9 Å². The Balaban J connectivity index is 1.56. The van der Waals surface area contributed by atoms with Crippen LogP contribution in [0.2, 0.25) is 0 Å². The van der Waals surface area contributed by atoms with Crippen molar-refractivity contribution in [1.82, 2.24) is 9.71 Å².